The molecule has 1 amide bonds. The van der Waals surface area contributed by atoms with Crippen LogP contribution in [0.3, 0.4) is 0 Å². The van der Waals surface area contributed by atoms with E-state index in [0.29, 0.717) is 19.6 Å². The Balaban J connectivity index is 0.000000585. The Hall–Kier alpha value is -3.67. The van der Waals surface area contributed by atoms with Gasteiger partial charge >= 0.3 is 11.9 Å². The van der Waals surface area contributed by atoms with Gasteiger partial charge in [-0.3, -0.25) is 9.69 Å². The minimum atomic E-state index is -1.82. The van der Waals surface area contributed by atoms with E-state index in [1.807, 2.05) is 35.2 Å². The number of nitrogens with zero attached hydrogens (tertiary/aromatic N) is 3. The highest BCUT2D eigenvalue weighted by Gasteiger charge is 2.46. The van der Waals surface area contributed by atoms with Gasteiger partial charge in [0.25, 0.3) is 0 Å². The molecule has 0 spiro atoms. The third-order valence-electron chi connectivity index (χ3n) is 7.59. The second kappa shape index (κ2) is 14.3. The first-order valence-electron chi connectivity index (χ1n) is 14.0. The summed E-state index contributed by atoms with van der Waals surface area (Å²) in [5, 5.41) is 14.8. The lowest BCUT2D eigenvalue weighted by atomic mass is 10.0. The Morgan fingerprint density at radius 1 is 0.927 bits per heavy atom. The van der Waals surface area contributed by atoms with Crippen LogP contribution in [0, 0.1) is 0 Å². The number of aliphatic carboxylic acids is 2. The zero-order valence-electron chi connectivity index (χ0n) is 23.4. The second-order valence-corrected chi connectivity index (χ2v) is 10.4. The standard InChI is InChI=1S/C28H37N3O4.C2H2O4/c1-33-26-13-8-7-12-25(26)30-18-16-29(17-19-30)20-24-21-34-28(35-24,23-10-4-2-5-11-23)22-31-15-9-3-6-14-27(31)32;3-1(4)2(5)6/h2,4-5,7-8,10-13,24H,3,6,9,14-22H2,1H3;(H,3,4)(H,5,6)/t24-,28+;/m0./s1. The van der Waals surface area contributed by atoms with Crippen LogP contribution >= 0.6 is 0 Å². The summed E-state index contributed by atoms with van der Waals surface area (Å²) in [5.41, 5.74) is 2.14. The molecule has 2 atom stereocenters. The van der Waals surface area contributed by atoms with Crippen LogP contribution < -0.4 is 9.64 Å². The second-order valence-electron chi connectivity index (χ2n) is 10.4. The lowest BCUT2D eigenvalue weighted by molar-refractivity contribution is -0.193. The van der Waals surface area contributed by atoms with Crippen LogP contribution in [-0.2, 0) is 29.6 Å². The van der Waals surface area contributed by atoms with Crippen molar-refractivity contribution in [2.24, 2.45) is 0 Å². The SMILES string of the molecule is COc1ccccc1N1CCN(C[C@H]2CO[C@@](CN3CCCCCC3=O)(c3ccccc3)O2)CC1.O=C(O)C(=O)O. The van der Waals surface area contributed by atoms with Crippen molar-refractivity contribution in [1.29, 1.82) is 0 Å². The number of carbonyl (C=O) groups is 3. The zero-order valence-corrected chi connectivity index (χ0v) is 23.4. The molecule has 5 rings (SSSR count). The van der Waals surface area contributed by atoms with Crippen molar-refractivity contribution in [3.8, 4) is 5.75 Å². The quantitative estimate of drug-likeness (QED) is 0.480. The fourth-order valence-electron chi connectivity index (χ4n) is 5.48. The number of ether oxygens (including phenoxy) is 3. The molecule has 11 nitrogen and oxygen atoms in total. The van der Waals surface area contributed by atoms with Crippen LogP contribution in [0.4, 0.5) is 5.69 Å². The molecular weight excluding hydrogens is 530 g/mol. The molecule has 0 saturated carbocycles. The normalized spacial score (nSPS) is 23.3. The average Bonchev–Trinajstić information content (AvgIpc) is 3.29. The van der Waals surface area contributed by atoms with Crippen LogP contribution in [-0.4, -0.2) is 103 Å². The van der Waals surface area contributed by atoms with Crippen LogP contribution in [0.2, 0.25) is 0 Å². The molecular formula is C30H39N3O8. The molecule has 11 heteroatoms. The molecule has 0 bridgehead atoms. The number of hydrogen-bond donors (Lipinski definition) is 2. The number of piperazine rings is 1. The number of likely N-dealkylation sites (tertiary alicyclic amines) is 1. The number of anilines is 1. The summed E-state index contributed by atoms with van der Waals surface area (Å²) >= 11 is 0. The number of benzene rings is 2. The van der Waals surface area contributed by atoms with Gasteiger partial charge in [-0.05, 0) is 25.0 Å². The van der Waals surface area contributed by atoms with E-state index in [9.17, 15) is 4.79 Å². The van der Waals surface area contributed by atoms with Crippen molar-refractivity contribution < 1.29 is 38.8 Å². The van der Waals surface area contributed by atoms with E-state index >= 15 is 0 Å². The highest BCUT2D eigenvalue weighted by molar-refractivity contribution is 6.27. The maximum Gasteiger partial charge on any atom is 0.414 e. The number of amides is 1. The minimum Gasteiger partial charge on any atom is -0.495 e. The molecule has 0 aliphatic carbocycles. The van der Waals surface area contributed by atoms with E-state index in [-0.39, 0.29) is 12.0 Å². The summed E-state index contributed by atoms with van der Waals surface area (Å²) in [7, 11) is 1.73. The number of carbonyl (C=O) groups excluding carboxylic acids is 1. The Labute approximate surface area is 240 Å². The van der Waals surface area contributed by atoms with Crippen molar-refractivity contribution >= 4 is 23.5 Å². The van der Waals surface area contributed by atoms with Crippen LogP contribution in [0.15, 0.2) is 54.6 Å². The molecule has 2 N–H and O–H groups in total. The van der Waals surface area contributed by atoms with Gasteiger partial charge in [-0.2, -0.15) is 0 Å². The molecule has 2 aromatic rings. The first kappa shape index (κ1) is 30.3. The molecule has 41 heavy (non-hydrogen) atoms. The molecule has 222 valence electrons. The molecule has 3 aliphatic heterocycles. The largest absolute Gasteiger partial charge is 0.495 e. The van der Waals surface area contributed by atoms with Crippen molar-refractivity contribution in [1.82, 2.24) is 9.80 Å². The molecule has 3 aliphatic rings. The smallest absolute Gasteiger partial charge is 0.414 e. The van der Waals surface area contributed by atoms with E-state index in [1.54, 1.807) is 7.11 Å². The van der Waals surface area contributed by atoms with Gasteiger partial charge in [-0.15, -0.1) is 0 Å². The van der Waals surface area contributed by atoms with E-state index in [4.69, 9.17) is 34.0 Å². The van der Waals surface area contributed by atoms with Gasteiger partial charge in [-0.1, -0.05) is 48.9 Å². The topological polar surface area (TPSA) is 129 Å². The maximum atomic E-state index is 12.8. The third-order valence-corrected chi connectivity index (χ3v) is 7.59. The monoisotopic (exact) mass is 569 g/mol. The van der Waals surface area contributed by atoms with Gasteiger partial charge in [0.1, 0.15) is 5.75 Å². The number of para-hydroxylation sites is 2. The first-order valence-corrected chi connectivity index (χ1v) is 14.0. The molecule has 0 unspecified atom stereocenters. The third kappa shape index (κ3) is 7.96. The Morgan fingerprint density at radius 2 is 1.61 bits per heavy atom. The summed E-state index contributed by atoms with van der Waals surface area (Å²) in [6.07, 6.45) is 3.70. The number of hydrogen-bond acceptors (Lipinski definition) is 8. The number of carboxylic acids is 2. The van der Waals surface area contributed by atoms with Gasteiger partial charge in [0, 0.05) is 51.3 Å². The number of carboxylic acid groups (broad SMARTS) is 2. The zero-order chi connectivity index (χ0) is 29.2. The fourth-order valence-corrected chi connectivity index (χ4v) is 5.48. The highest BCUT2D eigenvalue weighted by atomic mass is 16.7. The summed E-state index contributed by atoms with van der Waals surface area (Å²) in [5.74, 6) is -3.42. The summed E-state index contributed by atoms with van der Waals surface area (Å²) < 4.78 is 18.7. The van der Waals surface area contributed by atoms with Gasteiger partial charge in [0.2, 0.25) is 11.7 Å². The molecule has 0 radical (unpaired) electrons. The number of methoxy groups -OCH3 is 1. The first-order chi connectivity index (χ1) is 19.8. The van der Waals surface area contributed by atoms with Gasteiger partial charge in [0.15, 0.2) is 0 Å². The predicted octanol–water partition coefficient (Wildman–Crippen LogP) is 2.64. The van der Waals surface area contributed by atoms with E-state index in [1.165, 1.54) is 0 Å². The molecule has 3 fully saturated rings. The Kier molecular flexibility index (Phi) is 10.6. The minimum absolute atomic E-state index is 0.0323. The summed E-state index contributed by atoms with van der Waals surface area (Å²) in [6.45, 7) is 6.39. The highest BCUT2D eigenvalue weighted by Crippen LogP contribution is 2.36. The molecule has 2 aromatic carbocycles. The van der Waals surface area contributed by atoms with Crippen molar-refractivity contribution in [3.63, 3.8) is 0 Å². The van der Waals surface area contributed by atoms with Crippen molar-refractivity contribution in [2.75, 3.05) is 64.4 Å². The van der Waals surface area contributed by atoms with Crippen LogP contribution in [0.25, 0.3) is 0 Å². The fraction of sp³-hybridized carbons (Fsp3) is 0.500. The van der Waals surface area contributed by atoms with E-state index < -0.39 is 17.7 Å². The molecule has 3 saturated heterocycles. The van der Waals surface area contributed by atoms with E-state index in [2.05, 4.69) is 34.1 Å². The lowest BCUT2D eigenvalue weighted by Crippen LogP contribution is -2.49. The predicted molar refractivity (Wildman–Crippen MR) is 151 cm³/mol. The summed E-state index contributed by atoms with van der Waals surface area (Å²) in [6, 6.07) is 18.3. The average molecular weight is 570 g/mol. The van der Waals surface area contributed by atoms with Crippen LogP contribution in [0.5, 0.6) is 5.75 Å². The Morgan fingerprint density at radius 3 is 2.29 bits per heavy atom. The lowest BCUT2D eigenvalue weighted by Gasteiger charge is -2.38. The maximum absolute atomic E-state index is 12.8. The van der Waals surface area contributed by atoms with Crippen molar-refractivity contribution in [3.05, 3.63) is 60.2 Å². The molecule has 0 aromatic heterocycles. The number of rotatable bonds is 7. The molecule has 3 heterocycles. The van der Waals surface area contributed by atoms with Gasteiger partial charge in [0.05, 0.1) is 32.1 Å². The summed E-state index contributed by atoms with van der Waals surface area (Å²) in [4.78, 5) is 37.8. The van der Waals surface area contributed by atoms with Crippen LogP contribution in [0.1, 0.15) is 31.2 Å². The van der Waals surface area contributed by atoms with Crippen molar-refractivity contribution in [2.45, 2.75) is 37.6 Å². The van der Waals surface area contributed by atoms with Gasteiger partial charge in [-0.25, -0.2) is 9.59 Å². The van der Waals surface area contributed by atoms with Gasteiger partial charge < -0.3 is 34.2 Å². The van der Waals surface area contributed by atoms with E-state index in [0.717, 1.165) is 75.5 Å². The Bertz CT molecular complexity index is 1160.